The third-order valence-electron chi connectivity index (χ3n) is 3.63. The minimum absolute atomic E-state index is 0.314. The van der Waals surface area contributed by atoms with Crippen LogP contribution in [-0.4, -0.2) is 11.5 Å². The summed E-state index contributed by atoms with van der Waals surface area (Å²) in [4.78, 5) is 13.1. The summed E-state index contributed by atoms with van der Waals surface area (Å²) in [5, 5.41) is 0.718. The van der Waals surface area contributed by atoms with E-state index in [9.17, 15) is 4.79 Å². The van der Waals surface area contributed by atoms with Gasteiger partial charge in [-0.05, 0) is 41.7 Å². The smallest absolute Gasteiger partial charge is 0.143 e. The van der Waals surface area contributed by atoms with Crippen LogP contribution in [0.15, 0.2) is 53.4 Å². The van der Waals surface area contributed by atoms with Crippen molar-refractivity contribution in [2.75, 3.05) is 5.75 Å². The van der Waals surface area contributed by atoms with Crippen LogP contribution >= 0.6 is 23.4 Å². The molecule has 0 amide bonds. The molecule has 0 bridgehead atoms. The first-order chi connectivity index (χ1) is 9.72. The molecule has 0 aliphatic heterocycles. The zero-order valence-electron chi connectivity index (χ0n) is 11.0. The van der Waals surface area contributed by atoms with Gasteiger partial charge in [0.1, 0.15) is 5.78 Å². The summed E-state index contributed by atoms with van der Waals surface area (Å²) in [6.07, 6.45) is 1.70. The second kappa shape index (κ2) is 6.02. The van der Waals surface area contributed by atoms with Gasteiger partial charge in [-0.2, -0.15) is 0 Å². The van der Waals surface area contributed by atoms with Gasteiger partial charge in [-0.3, -0.25) is 4.79 Å². The molecular formula is C17H15ClOS. The topological polar surface area (TPSA) is 17.1 Å². The van der Waals surface area contributed by atoms with Crippen molar-refractivity contribution >= 4 is 29.1 Å². The lowest BCUT2D eigenvalue weighted by Crippen LogP contribution is -2.20. The molecule has 102 valence electrons. The molecule has 0 radical (unpaired) electrons. The first kappa shape index (κ1) is 13.7. The lowest BCUT2D eigenvalue weighted by molar-refractivity contribution is -0.117. The Kier molecular flexibility index (Phi) is 4.13. The van der Waals surface area contributed by atoms with Crippen molar-refractivity contribution < 1.29 is 4.79 Å². The molecule has 1 aliphatic rings. The van der Waals surface area contributed by atoms with Crippen LogP contribution in [0.1, 0.15) is 23.5 Å². The predicted molar refractivity (Wildman–Crippen MR) is 84.7 cm³/mol. The number of carbonyl (C=O) groups excluding carboxylic acids is 1. The van der Waals surface area contributed by atoms with E-state index in [1.165, 1.54) is 11.1 Å². The van der Waals surface area contributed by atoms with Gasteiger partial charge in [0, 0.05) is 16.3 Å². The van der Waals surface area contributed by atoms with Crippen molar-refractivity contribution in [1.82, 2.24) is 0 Å². The third-order valence-corrected chi connectivity index (χ3v) is 4.92. The van der Waals surface area contributed by atoms with Gasteiger partial charge >= 0.3 is 0 Å². The van der Waals surface area contributed by atoms with Crippen molar-refractivity contribution in [3.63, 3.8) is 0 Å². The van der Waals surface area contributed by atoms with Gasteiger partial charge in [-0.25, -0.2) is 0 Å². The fourth-order valence-corrected chi connectivity index (χ4v) is 3.68. The first-order valence-corrected chi connectivity index (χ1v) is 8.06. The Morgan fingerprint density at radius 2 is 2.05 bits per heavy atom. The molecule has 0 saturated heterocycles. The number of halogens is 1. The molecule has 2 aromatic rings. The minimum atomic E-state index is 0.314. The van der Waals surface area contributed by atoms with Gasteiger partial charge in [-0.1, -0.05) is 41.9 Å². The molecule has 0 spiro atoms. The van der Waals surface area contributed by atoms with E-state index in [0.29, 0.717) is 23.9 Å². The Hall–Kier alpha value is -1.25. The van der Waals surface area contributed by atoms with Crippen molar-refractivity contribution in [2.24, 2.45) is 0 Å². The van der Waals surface area contributed by atoms with Crippen LogP contribution in [0.3, 0.4) is 0 Å². The monoisotopic (exact) mass is 302 g/mol. The van der Waals surface area contributed by atoms with Crippen LogP contribution < -0.4 is 0 Å². The quantitative estimate of drug-likeness (QED) is 0.743. The largest absolute Gasteiger partial charge is 0.299 e. The average molecular weight is 303 g/mol. The minimum Gasteiger partial charge on any atom is -0.299 e. The number of carbonyl (C=O) groups is 1. The van der Waals surface area contributed by atoms with Crippen LogP contribution in [0.2, 0.25) is 5.02 Å². The molecule has 1 aliphatic carbocycles. The molecule has 3 rings (SSSR count). The fraction of sp³-hybridized carbons (Fsp3) is 0.235. The summed E-state index contributed by atoms with van der Waals surface area (Å²) in [6, 6.07) is 16.1. The highest BCUT2D eigenvalue weighted by Gasteiger charge is 2.27. The van der Waals surface area contributed by atoms with Gasteiger partial charge in [0.25, 0.3) is 0 Å². The van der Waals surface area contributed by atoms with Crippen LogP contribution in [-0.2, 0) is 11.2 Å². The average Bonchev–Trinajstić information content (AvgIpc) is 2.43. The molecule has 2 aromatic carbocycles. The maximum absolute atomic E-state index is 12.1. The molecule has 20 heavy (non-hydrogen) atoms. The third kappa shape index (κ3) is 3.08. The molecule has 0 heterocycles. The summed E-state index contributed by atoms with van der Waals surface area (Å²) < 4.78 is 0. The van der Waals surface area contributed by atoms with Gasteiger partial charge in [0.15, 0.2) is 0 Å². The van der Waals surface area contributed by atoms with Crippen molar-refractivity contribution in [3.8, 4) is 0 Å². The number of ketones is 1. The summed E-state index contributed by atoms with van der Waals surface area (Å²) in [6.45, 7) is 0. The van der Waals surface area contributed by atoms with E-state index >= 15 is 0 Å². The second-order valence-corrected chi connectivity index (χ2v) is 6.57. The standard InChI is InChI=1S/C17H15ClOS/c18-14-5-3-6-16(10-14)20-11-15(19)9-13-8-12-4-1-2-7-17(12)13/h1-7,10,13H,8-9,11H2. The number of Topliss-reactive ketones (excluding diaryl/α,β-unsaturated/α-hetero) is 1. The molecular weight excluding hydrogens is 288 g/mol. The molecule has 0 saturated carbocycles. The predicted octanol–water partition coefficient (Wildman–Crippen LogP) is 4.73. The van der Waals surface area contributed by atoms with E-state index in [2.05, 4.69) is 24.3 Å². The Bertz CT molecular complexity index is 638. The lowest BCUT2D eigenvalue weighted by atomic mass is 9.75. The van der Waals surface area contributed by atoms with Crippen molar-refractivity contribution in [2.45, 2.75) is 23.7 Å². The van der Waals surface area contributed by atoms with Crippen molar-refractivity contribution in [3.05, 3.63) is 64.7 Å². The van der Waals surface area contributed by atoms with Crippen LogP contribution in [0.25, 0.3) is 0 Å². The summed E-state index contributed by atoms with van der Waals surface area (Å²) in [7, 11) is 0. The van der Waals surface area contributed by atoms with E-state index in [1.807, 2.05) is 24.3 Å². The van der Waals surface area contributed by atoms with Crippen LogP contribution in [0.5, 0.6) is 0 Å². The van der Waals surface area contributed by atoms with Gasteiger partial charge < -0.3 is 0 Å². The highest BCUT2D eigenvalue weighted by molar-refractivity contribution is 8.00. The Morgan fingerprint density at radius 3 is 2.85 bits per heavy atom. The Labute approximate surface area is 128 Å². The molecule has 1 nitrogen and oxygen atoms in total. The highest BCUT2D eigenvalue weighted by Crippen LogP contribution is 2.37. The molecule has 0 N–H and O–H groups in total. The number of thioether (sulfide) groups is 1. The van der Waals surface area contributed by atoms with E-state index in [-0.39, 0.29) is 0 Å². The van der Waals surface area contributed by atoms with Crippen molar-refractivity contribution in [1.29, 1.82) is 0 Å². The number of benzene rings is 2. The normalized spacial score (nSPS) is 16.4. The van der Waals surface area contributed by atoms with Crippen LogP contribution in [0, 0.1) is 0 Å². The maximum atomic E-state index is 12.1. The molecule has 0 fully saturated rings. The summed E-state index contributed by atoms with van der Waals surface area (Å²) in [5.74, 6) is 1.27. The second-order valence-electron chi connectivity index (χ2n) is 5.09. The molecule has 3 heteroatoms. The van der Waals surface area contributed by atoms with E-state index < -0.39 is 0 Å². The SMILES string of the molecule is O=C(CSc1cccc(Cl)c1)CC1Cc2ccccc21. The molecule has 0 aromatic heterocycles. The van der Waals surface area contributed by atoms with Crippen LogP contribution in [0.4, 0.5) is 0 Å². The number of hydrogen-bond donors (Lipinski definition) is 0. The number of fused-ring (bicyclic) bond motifs is 1. The Morgan fingerprint density at radius 1 is 1.20 bits per heavy atom. The van der Waals surface area contributed by atoms with E-state index in [1.54, 1.807) is 11.8 Å². The highest BCUT2D eigenvalue weighted by atomic mass is 35.5. The van der Waals surface area contributed by atoms with Gasteiger partial charge in [0.05, 0.1) is 5.75 Å². The maximum Gasteiger partial charge on any atom is 0.143 e. The lowest BCUT2D eigenvalue weighted by Gasteiger charge is -2.29. The first-order valence-electron chi connectivity index (χ1n) is 6.70. The number of hydrogen-bond acceptors (Lipinski definition) is 2. The number of rotatable bonds is 5. The summed E-state index contributed by atoms with van der Waals surface area (Å²) in [5.41, 5.74) is 2.75. The zero-order chi connectivity index (χ0) is 13.9. The molecule has 1 atom stereocenters. The van der Waals surface area contributed by atoms with E-state index in [4.69, 9.17) is 11.6 Å². The van der Waals surface area contributed by atoms with E-state index in [0.717, 1.165) is 16.3 Å². The van der Waals surface area contributed by atoms with Gasteiger partial charge in [-0.15, -0.1) is 11.8 Å². The fourth-order valence-electron chi connectivity index (χ4n) is 2.60. The zero-order valence-corrected chi connectivity index (χ0v) is 12.6. The Balaban J connectivity index is 1.52. The van der Waals surface area contributed by atoms with Gasteiger partial charge in [0.2, 0.25) is 0 Å². The molecule has 1 unspecified atom stereocenters. The summed E-state index contributed by atoms with van der Waals surface area (Å²) >= 11 is 7.50.